The Balaban J connectivity index is 2.31. The van der Waals surface area contributed by atoms with Crippen LogP contribution in [-0.4, -0.2) is 6.61 Å². The van der Waals surface area contributed by atoms with Crippen LogP contribution < -0.4 is 4.74 Å². The molecule has 1 atom stereocenters. The van der Waals surface area contributed by atoms with Crippen LogP contribution in [0.1, 0.15) is 22.9 Å². The van der Waals surface area contributed by atoms with Crippen molar-refractivity contribution in [1.29, 1.82) is 0 Å². The van der Waals surface area contributed by atoms with Crippen molar-refractivity contribution < 1.29 is 4.74 Å². The van der Waals surface area contributed by atoms with E-state index in [2.05, 4.69) is 66.0 Å². The van der Waals surface area contributed by atoms with Gasteiger partial charge in [-0.25, -0.2) is 0 Å². The highest BCUT2D eigenvalue weighted by Crippen LogP contribution is 2.37. The molecular weight excluding hydrogens is 436 g/mol. The summed E-state index contributed by atoms with van der Waals surface area (Å²) in [5.41, 5.74) is 2.39. The van der Waals surface area contributed by atoms with Crippen LogP contribution in [0.4, 0.5) is 0 Å². The van der Waals surface area contributed by atoms with Crippen molar-refractivity contribution in [1.82, 2.24) is 0 Å². The van der Waals surface area contributed by atoms with Gasteiger partial charge in [0.25, 0.3) is 0 Å². The van der Waals surface area contributed by atoms with Crippen molar-refractivity contribution in [2.24, 2.45) is 0 Å². The largest absolute Gasteiger partial charge is 0.494 e. The van der Waals surface area contributed by atoms with Crippen molar-refractivity contribution in [2.75, 3.05) is 6.61 Å². The Morgan fingerprint density at radius 2 is 1.89 bits per heavy atom. The molecular formula is C15H13Br3O. The maximum atomic E-state index is 5.49. The monoisotopic (exact) mass is 446 g/mol. The molecule has 1 unspecified atom stereocenters. The normalized spacial score (nSPS) is 12.2. The van der Waals surface area contributed by atoms with Crippen LogP contribution >= 0.6 is 47.8 Å². The molecule has 0 spiro atoms. The van der Waals surface area contributed by atoms with E-state index in [-0.39, 0.29) is 4.83 Å². The molecule has 100 valence electrons. The number of ether oxygens (including phenoxy) is 1. The predicted molar refractivity (Wildman–Crippen MR) is 90.2 cm³/mol. The van der Waals surface area contributed by atoms with Crippen LogP contribution in [0.5, 0.6) is 5.75 Å². The molecule has 0 amide bonds. The van der Waals surface area contributed by atoms with Gasteiger partial charge < -0.3 is 4.74 Å². The van der Waals surface area contributed by atoms with Crippen molar-refractivity contribution >= 4 is 47.8 Å². The molecule has 19 heavy (non-hydrogen) atoms. The van der Waals surface area contributed by atoms with Crippen molar-refractivity contribution in [3.05, 3.63) is 62.5 Å². The molecule has 0 heterocycles. The van der Waals surface area contributed by atoms with E-state index < -0.39 is 0 Å². The molecule has 0 aliphatic rings. The highest BCUT2D eigenvalue weighted by atomic mass is 79.9. The van der Waals surface area contributed by atoms with Gasteiger partial charge in [-0.3, -0.25) is 0 Å². The topological polar surface area (TPSA) is 9.23 Å². The second-order valence-electron chi connectivity index (χ2n) is 4.03. The summed E-state index contributed by atoms with van der Waals surface area (Å²) in [5.74, 6) is 0.882. The third kappa shape index (κ3) is 3.83. The number of rotatable bonds is 4. The van der Waals surface area contributed by atoms with Gasteiger partial charge in [-0.1, -0.05) is 66.0 Å². The minimum atomic E-state index is 0.148. The number of hydrogen-bond donors (Lipinski definition) is 0. The van der Waals surface area contributed by atoms with Gasteiger partial charge in [0.05, 0.1) is 11.4 Å². The van der Waals surface area contributed by atoms with Gasteiger partial charge >= 0.3 is 0 Å². The fourth-order valence-corrected chi connectivity index (χ4v) is 3.81. The number of halogens is 3. The van der Waals surface area contributed by atoms with Crippen LogP contribution in [0.3, 0.4) is 0 Å². The predicted octanol–water partition coefficient (Wildman–Crippen LogP) is 6.09. The van der Waals surface area contributed by atoms with Crippen molar-refractivity contribution in [3.8, 4) is 5.75 Å². The van der Waals surface area contributed by atoms with Gasteiger partial charge in [0.15, 0.2) is 0 Å². The smallest absolute Gasteiger partial charge is 0.120 e. The Morgan fingerprint density at radius 3 is 2.53 bits per heavy atom. The van der Waals surface area contributed by atoms with E-state index in [4.69, 9.17) is 4.74 Å². The molecule has 0 N–H and O–H groups in total. The van der Waals surface area contributed by atoms with Gasteiger partial charge in [0.2, 0.25) is 0 Å². The van der Waals surface area contributed by atoms with E-state index >= 15 is 0 Å². The van der Waals surface area contributed by atoms with Crippen molar-refractivity contribution in [2.45, 2.75) is 11.8 Å². The van der Waals surface area contributed by atoms with Crippen LogP contribution in [0, 0.1) is 0 Å². The highest BCUT2D eigenvalue weighted by molar-refractivity contribution is 9.11. The van der Waals surface area contributed by atoms with E-state index in [1.807, 2.05) is 31.2 Å². The lowest BCUT2D eigenvalue weighted by molar-refractivity contribution is 0.340. The second-order valence-corrected chi connectivity index (χ2v) is 6.72. The van der Waals surface area contributed by atoms with E-state index in [1.165, 1.54) is 11.1 Å². The molecule has 1 nitrogen and oxygen atoms in total. The molecule has 2 aromatic carbocycles. The Bertz CT molecular complexity index is 569. The lowest BCUT2D eigenvalue weighted by atomic mass is 10.0. The number of hydrogen-bond acceptors (Lipinski definition) is 1. The molecule has 2 rings (SSSR count). The first-order valence-corrected chi connectivity index (χ1v) is 8.43. The summed E-state index contributed by atoms with van der Waals surface area (Å²) in [6.07, 6.45) is 0. The minimum absolute atomic E-state index is 0.148. The van der Waals surface area contributed by atoms with Gasteiger partial charge in [0, 0.05) is 8.95 Å². The Morgan fingerprint density at radius 1 is 1.11 bits per heavy atom. The van der Waals surface area contributed by atoms with Crippen LogP contribution in [0.25, 0.3) is 0 Å². The average molecular weight is 449 g/mol. The summed E-state index contributed by atoms with van der Waals surface area (Å²) < 4.78 is 7.62. The SMILES string of the molecule is CCOc1ccc(C(Br)c2cccc(Br)c2)c(Br)c1. The first-order valence-electron chi connectivity index (χ1n) is 5.93. The third-order valence-electron chi connectivity index (χ3n) is 2.70. The molecule has 0 aliphatic carbocycles. The maximum Gasteiger partial charge on any atom is 0.120 e. The summed E-state index contributed by atoms with van der Waals surface area (Å²) in [6, 6.07) is 14.4. The lowest BCUT2D eigenvalue weighted by Gasteiger charge is -2.14. The molecule has 4 heteroatoms. The molecule has 0 fully saturated rings. The van der Waals surface area contributed by atoms with Gasteiger partial charge in [-0.05, 0) is 42.3 Å². The third-order valence-corrected chi connectivity index (χ3v) is 4.90. The summed E-state index contributed by atoms with van der Waals surface area (Å²) in [7, 11) is 0. The van der Waals surface area contributed by atoms with E-state index in [9.17, 15) is 0 Å². The molecule has 0 aromatic heterocycles. The second kappa shape index (κ2) is 6.91. The van der Waals surface area contributed by atoms with Gasteiger partial charge in [0.1, 0.15) is 5.75 Å². The average Bonchev–Trinajstić information content (AvgIpc) is 2.38. The molecule has 0 saturated heterocycles. The Labute approximate surface area is 138 Å². The molecule has 2 aromatic rings. The van der Waals surface area contributed by atoms with Gasteiger partial charge in [-0.15, -0.1) is 0 Å². The van der Waals surface area contributed by atoms with Gasteiger partial charge in [-0.2, -0.15) is 0 Å². The summed E-state index contributed by atoms with van der Waals surface area (Å²) in [5, 5.41) is 0. The molecule has 0 radical (unpaired) electrons. The van der Waals surface area contributed by atoms with Crippen LogP contribution in [0.2, 0.25) is 0 Å². The molecule has 0 saturated carbocycles. The summed E-state index contributed by atoms with van der Waals surface area (Å²) in [6.45, 7) is 2.66. The zero-order chi connectivity index (χ0) is 13.8. The minimum Gasteiger partial charge on any atom is -0.494 e. The standard InChI is InChI=1S/C15H13Br3O/c1-2-19-12-6-7-13(14(17)9-12)15(18)10-4-3-5-11(16)8-10/h3-9,15H,2H2,1H3. The molecule has 0 bridgehead atoms. The molecule has 0 aliphatic heterocycles. The fourth-order valence-electron chi connectivity index (χ4n) is 1.81. The van der Waals surface area contributed by atoms with E-state index in [1.54, 1.807) is 0 Å². The van der Waals surface area contributed by atoms with Crippen LogP contribution in [0.15, 0.2) is 51.4 Å². The highest BCUT2D eigenvalue weighted by Gasteiger charge is 2.14. The van der Waals surface area contributed by atoms with E-state index in [0.717, 1.165) is 14.7 Å². The first-order chi connectivity index (χ1) is 9.11. The first kappa shape index (κ1) is 15.1. The van der Waals surface area contributed by atoms with E-state index in [0.29, 0.717) is 6.61 Å². The zero-order valence-corrected chi connectivity index (χ0v) is 15.1. The zero-order valence-electron chi connectivity index (χ0n) is 10.4. The quantitative estimate of drug-likeness (QED) is 0.514. The maximum absolute atomic E-state index is 5.49. The summed E-state index contributed by atoms with van der Waals surface area (Å²) >= 11 is 10.9. The number of benzene rings is 2. The number of alkyl halides is 1. The fraction of sp³-hybridized carbons (Fsp3) is 0.200. The van der Waals surface area contributed by atoms with Crippen LogP contribution in [-0.2, 0) is 0 Å². The van der Waals surface area contributed by atoms with Crippen molar-refractivity contribution in [3.63, 3.8) is 0 Å². The lowest BCUT2D eigenvalue weighted by Crippen LogP contribution is -1.96. The Hall–Kier alpha value is -0.320. The Kier molecular flexibility index (Phi) is 5.48. The summed E-state index contributed by atoms with van der Waals surface area (Å²) in [4.78, 5) is 0.148.